The van der Waals surface area contributed by atoms with Crippen LogP contribution in [0.3, 0.4) is 0 Å². The number of primary amides is 1. The maximum atomic E-state index is 10.9. The molecule has 0 bridgehead atoms. The number of nitrogens with two attached hydrogens (primary N) is 1. The molecule has 0 saturated heterocycles. The summed E-state index contributed by atoms with van der Waals surface area (Å²) in [6, 6.07) is 5.12. The van der Waals surface area contributed by atoms with Gasteiger partial charge in [0.25, 0.3) is 0 Å². The van der Waals surface area contributed by atoms with Gasteiger partial charge in [-0.25, -0.2) is 0 Å². The summed E-state index contributed by atoms with van der Waals surface area (Å²) in [4.78, 5) is 10.9. The minimum atomic E-state index is -0.432. The lowest BCUT2D eigenvalue weighted by Gasteiger charge is -2.07. The summed E-state index contributed by atoms with van der Waals surface area (Å²) in [5.41, 5.74) is 5.65. The molecule has 1 saturated carbocycles. The van der Waals surface area contributed by atoms with Crippen molar-refractivity contribution < 1.29 is 9.53 Å². The van der Waals surface area contributed by atoms with Crippen LogP contribution in [0.15, 0.2) is 22.7 Å². The Morgan fingerprint density at radius 1 is 1.50 bits per heavy atom. The smallest absolute Gasteiger partial charge is 0.248 e. The lowest BCUT2D eigenvalue weighted by atomic mass is 10.2. The van der Waals surface area contributed by atoms with Crippen LogP contribution in [0.1, 0.15) is 23.2 Å². The fraction of sp³-hybridized carbons (Fsp3) is 0.300. The average molecular weight is 256 g/mol. The SMILES string of the molecule is NC(=O)c1ccc(Br)c(OC2CC2)c1. The van der Waals surface area contributed by atoms with Crippen molar-refractivity contribution in [1.82, 2.24) is 0 Å². The monoisotopic (exact) mass is 255 g/mol. The van der Waals surface area contributed by atoms with Crippen molar-refractivity contribution in [2.24, 2.45) is 5.73 Å². The van der Waals surface area contributed by atoms with E-state index in [-0.39, 0.29) is 0 Å². The fourth-order valence-electron chi connectivity index (χ4n) is 1.11. The molecule has 0 aromatic heterocycles. The Hall–Kier alpha value is -1.03. The first kappa shape index (κ1) is 9.52. The summed E-state index contributed by atoms with van der Waals surface area (Å²) >= 11 is 3.36. The van der Waals surface area contributed by atoms with Crippen molar-refractivity contribution in [2.75, 3.05) is 0 Å². The molecule has 1 aliphatic carbocycles. The Labute approximate surface area is 90.4 Å². The zero-order valence-corrected chi connectivity index (χ0v) is 9.08. The van der Waals surface area contributed by atoms with Gasteiger partial charge in [-0.2, -0.15) is 0 Å². The molecule has 0 spiro atoms. The molecule has 1 aromatic rings. The number of hydrogen-bond donors (Lipinski definition) is 1. The first-order chi connectivity index (χ1) is 6.66. The van der Waals surface area contributed by atoms with Crippen LogP contribution in [0.4, 0.5) is 0 Å². The quantitative estimate of drug-likeness (QED) is 0.900. The van der Waals surface area contributed by atoms with Gasteiger partial charge in [-0.05, 0) is 47.0 Å². The fourth-order valence-corrected chi connectivity index (χ4v) is 1.45. The van der Waals surface area contributed by atoms with Crippen LogP contribution in [0, 0.1) is 0 Å². The molecule has 74 valence electrons. The number of carbonyl (C=O) groups is 1. The van der Waals surface area contributed by atoms with Crippen molar-refractivity contribution in [1.29, 1.82) is 0 Å². The molecule has 2 N–H and O–H groups in total. The van der Waals surface area contributed by atoms with E-state index < -0.39 is 5.91 Å². The summed E-state index contributed by atoms with van der Waals surface area (Å²) < 4.78 is 6.45. The van der Waals surface area contributed by atoms with Gasteiger partial charge in [-0.1, -0.05) is 0 Å². The Kier molecular flexibility index (Phi) is 2.46. The molecule has 3 nitrogen and oxygen atoms in total. The number of ether oxygens (including phenoxy) is 1. The third-order valence-corrected chi connectivity index (χ3v) is 2.69. The molecule has 0 atom stereocenters. The lowest BCUT2D eigenvalue weighted by Crippen LogP contribution is -2.11. The molecule has 1 fully saturated rings. The third kappa shape index (κ3) is 2.07. The highest BCUT2D eigenvalue weighted by Gasteiger charge is 2.24. The maximum absolute atomic E-state index is 10.9. The van der Waals surface area contributed by atoms with E-state index in [2.05, 4.69) is 15.9 Å². The predicted octanol–water partition coefficient (Wildman–Crippen LogP) is 2.09. The van der Waals surface area contributed by atoms with Crippen molar-refractivity contribution in [3.63, 3.8) is 0 Å². The lowest BCUT2D eigenvalue weighted by molar-refractivity contribution is 0.0999. The van der Waals surface area contributed by atoms with Gasteiger partial charge in [0.1, 0.15) is 5.75 Å². The molecular weight excluding hydrogens is 246 g/mol. The van der Waals surface area contributed by atoms with Crippen molar-refractivity contribution in [2.45, 2.75) is 18.9 Å². The van der Waals surface area contributed by atoms with Crippen molar-refractivity contribution in [3.05, 3.63) is 28.2 Å². The maximum Gasteiger partial charge on any atom is 0.248 e. The normalized spacial score (nSPS) is 15.2. The van der Waals surface area contributed by atoms with Crippen LogP contribution in [-0.4, -0.2) is 12.0 Å². The molecule has 0 aliphatic heterocycles. The molecular formula is C10H10BrNO2. The van der Waals surface area contributed by atoms with Gasteiger partial charge in [0.05, 0.1) is 10.6 Å². The topological polar surface area (TPSA) is 52.3 Å². The van der Waals surface area contributed by atoms with Crippen LogP contribution in [0.25, 0.3) is 0 Å². The van der Waals surface area contributed by atoms with Gasteiger partial charge in [-0.15, -0.1) is 0 Å². The highest BCUT2D eigenvalue weighted by molar-refractivity contribution is 9.10. The Bertz CT molecular complexity index is 374. The number of carbonyl (C=O) groups excluding carboxylic acids is 1. The summed E-state index contributed by atoms with van der Waals surface area (Å²) in [6.45, 7) is 0. The number of rotatable bonds is 3. The Morgan fingerprint density at radius 2 is 2.21 bits per heavy atom. The molecule has 1 aliphatic rings. The second-order valence-corrected chi connectivity index (χ2v) is 4.18. The van der Waals surface area contributed by atoms with Crippen molar-refractivity contribution in [3.8, 4) is 5.75 Å². The molecule has 0 heterocycles. The highest BCUT2D eigenvalue weighted by atomic mass is 79.9. The molecule has 0 unspecified atom stereocenters. The first-order valence-corrected chi connectivity index (χ1v) is 5.22. The van der Waals surface area contributed by atoms with Gasteiger partial charge in [0.15, 0.2) is 0 Å². The highest BCUT2D eigenvalue weighted by Crippen LogP contribution is 2.32. The van der Waals surface area contributed by atoms with Crippen LogP contribution >= 0.6 is 15.9 Å². The summed E-state index contributed by atoms with van der Waals surface area (Å²) in [6.07, 6.45) is 2.50. The van der Waals surface area contributed by atoms with Gasteiger partial charge in [0.2, 0.25) is 5.91 Å². The van der Waals surface area contributed by atoms with E-state index in [1.165, 1.54) is 0 Å². The van der Waals surface area contributed by atoms with Gasteiger partial charge >= 0.3 is 0 Å². The van der Waals surface area contributed by atoms with E-state index in [4.69, 9.17) is 10.5 Å². The molecule has 1 amide bonds. The first-order valence-electron chi connectivity index (χ1n) is 4.43. The zero-order chi connectivity index (χ0) is 10.1. The van der Waals surface area contributed by atoms with Crippen LogP contribution in [0.5, 0.6) is 5.75 Å². The van der Waals surface area contributed by atoms with Gasteiger partial charge < -0.3 is 10.5 Å². The second kappa shape index (κ2) is 3.61. The Balaban J connectivity index is 2.26. The molecule has 4 heteroatoms. The summed E-state index contributed by atoms with van der Waals surface area (Å²) in [5.74, 6) is 0.266. The third-order valence-electron chi connectivity index (χ3n) is 2.03. The molecule has 1 aromatic carbocycles. The van der Waals surface area contributed by atoms with Crippen molar-refractivity contribution >= 4 is 21.8 Å². The molecule has 2 rings (SSSR count). The van der Waals surface area contributed by atoms with Gasteiger partial charge in [-0.3, -0.25) is 4.79 Å². The van der Waals surface area contributed by atoms with Gasteiger partial charge in [0, 0.05) is 5.56 Å². The summed E-state index contributed by atoms with van der Waals surface area (Å²) in [7, 11) is 0. The van der Waals surface area contributed by atoms with Crippen LogP contribution in [-0.2, 0) is 0 Å². The van der Waals surface area contributed by atoms with Crippen LogP contribution < -0.4 is 10.5 Å². The van der Waals surface area contributed by atoms with E-state index in [9.17, 15) is 4.79 Å². The number of hydrogen-bond acceptors (Lipinski definition) is 2. The van der Waals surface area contributed by atoms with E-state index >= 15 is 0 Å². The Morgan fingerprint density at radius 3 is 2.79 bits per heavy atom. The second-order valence-electron chi connectivity index (χ2n) is 3.33. The van der Waals surface area contributed by atoms with E-state index in [1.807, 2.05) is 0 Å². The zero-order valence-electron chi connectivity index (χ0n) is 7.50. The minimum Gasteiger partial charge on any atom is -0.489 e. The van der Waals surface area contributed by atoms with E-state index in [0.29, 0.717) is 17.4 Å². The standard InChI is InChI=1S/C10H10BrNO2/c11-8-4-1-6(10(12)13)5-9(8)14-7-2-3-7/h1,4-5,7H,2-3H2,(H2,12,13). The van der Waals surface area contributed by atoms with E-state index in [1.54, 1.807) is 18.2 Å². The van der Waals surface area contributed by atoms with Crippen LogP contribution in [0.2, 0.25) is 0 Å². The minimum absolute atomic E-state index is 0.314. The van der Waals surface area contributed by atoms with E-state index in [0.717, 1.165) is 17.3 Å². The predicted molar refractivity (Wildman–Crippen MR) is 56.3 cm³/mol. The summed E-state index contributed by atoms with van der Waals surface area (Å²) in [5, 5.41) is 0. The largest absolute Gasteiger partial charge is 0.489 e. The molecule has 14 heavy (non-hydrogen) atoms. The number of benzene rings is 1. The average Bonchev–Trinajstić information content (AvgIpc) is 2.92. The number of amides is 1. The number of halogens is 1. The molecule has 0 radical (unpaired) electrons.